The molecule has 1 aliphatic heterocycles. The Morgan fingerprint density at radius 3 is 2.68 bits per heavy atom. The fraction of sp³-hybridized carbons (Fsp3) is 0.478. The molecule has 1 atom stereocenters. The van der Waals surface area contributed by atoms with E-state index in [9.17, 15) is 22.8 Å². The van der Waals surface area contributed by atoms with Crippen LogP contribution in [0.4, 0.5) is 13.2 Å². The van der Waals surface area contributed by atoms with Crippen molar-refractivity contribution in [2.75, 3.05) is 19.6 Å². The molecule has 1 aliphatic carbocycles. The number of likely N-dealkylation sites (tertiary alicyclic amines) is 1. The summed E-state index contributed by atoms with van der Waals surface area (Å²) < 4.78 is 47.3. The molecule has 34 heavy (non-hydrogen) atoms. The summed E-state index contributed by atoms with van der Waals surface area (Å²) in [6.45, 7) is 1.48. The summed E-state index contributed by atoms with van der Waals surface area (Å²) in [4.78, 5) is 31.0. The van der Waals surface area contributed by atoms with Gasteiger partial charge in [0.05, 0.1) is 19.3 Å². The SMILES string of the molecule is Cn1c(C(F)(F)F)cc(C(=O)N2CCC3(CC2)CC3CNC(=O)c2cc3ccncc3o2)[n+]1C. The largest absolute Gasteiger partial charge is 0.449 e. The summed E-state index contributed by atoms with van der Waals surface area (Å²) in [5.74, 6) is -0.118. The highest BCUT2D eigenvalue weighted by Gasteiger charge is 2.55. The van der Waals surface area contributed by atoms with Crippen LogP contribution in [0.25, 0.3) is 11.0 Å². The van der Waals surface area contributed by atoms with Crippen LogP contribution in [-0.4, -0.2) is 46.0 Å². The minimum absolute atomic E-state index is 0.0198. The number of nitrogens with zero attached hydrogens (tertiary/aromatic N) is 4. The van der Waals surface area contributed by atoms with Crippen molar-refractivity contribution < 1.29 is 31.9 Å². The molecule has 180 valence electrons. The lowest BCUT2D eigenvalue weighted by atomic mass is 9.90. The van der Waals surface area contributed by atoms with Crippen molar-refractivity contribution >= 4 is 22.8 Å². The first-order valence-corrected chi connectivity index (χ1v) is 11.1. The molecular weight excluding hydrogens is 451 g/mol. The second-order valence-corrected chi connectivity index (χ2v) is 9.25. The highest BCUT2D eigenvalue weighted by atomic mass is 19.4. The van der Waals surface area contributed by atoms with Gasteiger partial charge in [-0.3, -0.25) is 14.6 Å². The number of furan rings is 1. The fourth-order valence-electron chi connectivity index (χ4n) is 5.05. The second kappa shape index (κ2) is 7.85. The van der Waals surface area contributed by atoms with Gasteiger partial charge in [-0.2, -0.15) is 17.9 Å². The van der Waals surface area contributed by atoms with Crippen LogP contribution in [0.5, 0.6) is 0 Å². The summed E-state index contributed by atoms with van der Waals surface area (Å²) >= 11 is 0. The Kier molecular flexibility index (Phi) is 5.18. The van der Waals surface area contributed by atoms with Crippen molar-refractivity contribution in [3.63, 3.8) is 0 Å². The van der Waals surface area contributed by atoms with Gasteiger partial charge in [0.25, 0.3) is 11.6 Å². The van der Waals surface area contributed by atoms with E-state index in [-0.39, 0.29) is 22.8 Å². The molecule has 3 aromatic heterocycles. The number of alkyl halides is 3. The number of amides is 2. The molecule has 0 aromatic carbocycles. The number of nitrogens with one attached hydrogen (secondary N) is 1. The molecule has 1 N–H and O–H groups in total. The Bertz CT molecular complexity index is 1240. The van der Waals surface area contributed by atoms with Crippen molar-refractivity contribution in [3.8, 4) is 0 Å². The zero-order chi connectivity index (χ0) is 24.3. The van der Waals surface area contributed by atoms with E-state index in [4.69, 9.17) is 4.42 Å². The molecule has 1 unspecified atom stereocenters. The smallest absolute Gasteiger partial charge is 0.437 e. The van der Waals surface area contributed by atoms with Crippen LogP contribution < -0.4 is 10.00 Å². The van der Waals surface area contributed by atoms with Gasteiger partial charge in [0.15, 0.2) is 24.1 Å². The summed E-state index contributed by atoms with van der Waals surface area (Å²) in [6.07, 6.45) is 1.16. The first-order valence-electron chi connectivity index (χ1n) is 11.1. The lowest BCUT2D eigenvalue weighted by Crippen LogP contribution is -2.48. The maximum absolute atomic E-state index is 13.2. The molecule has 1 saturated heterocycles. The minimum atomic E-state index is -4.53. The molecule has 2 aliphatic rings. The third-order valence-electron chi connectivity index (χ3n) is 7.39. The van der Waals surface area contributed by atoms with Gasteiger partial charge in [-0.25, -0.2) is 0 Å². The highest BCUT2D eigenvalue weighted by molar-refractivity contribution is 5.95. The number of hydrogen-bond acceptors (Lipinski definition) is 4. The molecule has 4 heterocycles. The molecule has 1 saturated carbocycles. The summed E-state index contributed by atoms with van der Waals surface area (Å²) in [7, 11) is 2.74. The summed E-state index contributed by atoms with van der Waals surface area (Å²) in [6, 6.07) is 4.38. The Hall–Kier alpha value is -3.37. The van der Waals surface area contributed by atoms with Crippen LogP contribution in [0.1, 0.15) is 46.0 Å². The quantitative estimate of drug-likeness (QED) is 0.587. The first-order chi connectivity index (χ1) is 16.1. The topological polar surface area (TPSA) is 84.2 Å². The average Bonchev–Trinajstić information content (AvgIpc) is 3.13. The number of pyridine rings is 1. The van der Waals surface area contributed by atoms with Gasteiger partial charge in [-0.05, 0) is 42.7 Å². The van der Waals surface area contributed by atoms with Gasteiger partial charge in [0.1, 0.15) is 0 Å². The average molecular weight is 476 g/mol. The van der Waals surface area contributed by atoms with Crippen molar-refractivity contribution in [2.45, 2.75) is 25.4 Å². The number of hydrogen-bond donors (Lipinski definition) is 1. The number of aromatic nitrogens is 3. The molecule has 5 rings (SSSR count). The Labute approximate surface area is 193 Å². The molecule has 3 aromatic rings. The number of fused-ring (bicyclic) bond motifs is 1. The third-order valence-corrected chi connectivity index (χ3v) is 7.39. The predicted octanol–water partition coefficient (Wildman–Crippen LogP) is 2.68. The van der Waals surface area contributed by atoms with E-state index < -0.39 is 17.8 Å². The maximum Gasteiger partial charge on any atom is 0.437 e. The van der Waals surface area contributed by atoms with E-state index in [2.05, 4.69) is 10.3 Å². The van der Waals surface area contributed by atoms with Gasteiger partial charge >= 0.3 is 12.1 Å². The lowest BCUT2D eigenvalue weighted by molar-refractivity contribution is -0.754. The Balaban J connectivity index is 1.16. The molecule has 2 fully saturated rings. The monoisotopic (exact) mass is 476 g/mol. The van der Waals surface area contributed by atoms with Crippen molar-refractivity contribution in [1.29, 1.82) is 0 Å². The number of piperidine rings is 1. The van der Waals surface area contributed by atoms with E-state index in [0.717, 1.165) is 35.4 Å². The van der Waals surface area contributed by atoms with Crippen LogP contribution in [0, 0.1) is 11.3 Å². The van der Waals surface area contributed by atoms with Crippen LogP contribution >= 0.6 is 0 Å². The lowest BCUT2D eigenvalue weighted by Gasteiger charge is -2.32. The molecular formula is C23H25F3N5O3+. The van der Waals surface area contributed by atoms with Gasteiger partial charge < -0.3 is 14.6 Å². The normalized spacial score (nSPS) is 19.6. The first kappa shape index (κ1) is 22.4. The van der Waals surface area contributed by atoms with Gasteiger partial charge in [-0.1, -0.05) is 0 Å². The maximum atomic E-state index is 13.2. The zero-order valence-corrected chi connectivity index (χ0v) is 18.9. The van der Waals surface area contributed by atoms with Crippen molar-refractivity contribution in [2.24, 2.45) is 25.4 Å². The molecule has 8 nitrogen and oxygen atoms in total. The number of rotatable bonds is 4. The predicted molar refractivity (Wildman–Crippen MR) is 114 cm³/mol. The van der Waals surface area contributed by atoms with Crippen LogP contribution in [0.15, 0.2) is 35.0 Å². The minimum Gasteiger partial charge on any atom is -0.449 e. The zero-order valence-electron chi connectivity index (χ0n) is 18.9. The molecule has 0 bridgehead atoms. The Morgan fingerprint density at radius 1 is 1.29 bits per heavy atom. The molecule has 2 amide bonds. The fourth-order valence-corrected chi connectivity index (χ4v) is 5.05. The van der Waals surface area contributed by atoms with Crippen LogP contribution in [-0.2, 0) is 20.3 Å². The third kappa shape index (κ3) is 3.82. The number of carbonyl (C=O) groups is 2. The van der Waals surface area contributed by atoms with Crippen molar-refractivity contribution in [1.82, 2.24) is 19.9 Å². The van der Waals surface area contributed by atoms with E-state index in [1.54, 1.807) is 29.4 Å². The van der Waals surface area contributed by atoms with Gasteiger partial charge in [0, 0.05) is 31.2 Å². The van der Waals surface area contributed by atoms with E-state index in [1.807, 2.05) is 0 Å². The summed E-state index contributed by atoms with van der Waals surface area (Å²) in [5.41, 5.74) is -0.212. The Morgan fingerprint density at radius 2 is 2.03 bits per heavy atom. The number of halogens is 3. The van der Waals surface area contributed by atoms with Crippen molar-refractivity contribution in [3.05, 3.63) is 47.7 Å². The van der Waals surface area contributed by atoms with E-state index in [0.29, 0.717) is 31.1 Å². The molecule has 11 heteroatoms. The van der Waals surface area contributed by atoms with Gasteiger partial charge in [-0.15, -0.1) is 4.68 Å². The van der Waals surface area contributed by atoms with E-state index >= 15 is 0 Å². The second-order valence-electron chi connectivity index (χ2n) is 9.25. The standard InChI is InChI=1S/C23H24F3N5O3/c1-29-16(10-19(30(29)2)23(24,25)26)21(33)31-7-4-22(5-8-31)11-15(22)12-28-20(32)17-9-14-3-6-27-13-18(14)34-17/h3,6,9-10,13,15H,4-5,7-8,11-12H2,1-2H3/p+1. The molecule has 0 radical (unpaired) electrons. The summed E-state index contributed by atoms with van der Waals surface area (Å²) in [5, 5.41) is 3.75. The van der Waals surface area contributed by atoms with Crippen LogP contribution in [0.3, 0.4) is 0 Å². The van der Waals surface area contributed by atoms with Crippen LogP contribution in [0.2, 0.25) is 0 Å². The number of carbonyl (C=O) groups excluding carboxylic acids is 2. The molecule has 1 spiro atoms. The highest BCUT2D eigenvalue weighted by Crippen LogP contribution is 2.59. The van der Waals surface area contributed by atoms with Gasteiger partial charge in [0.2, 0.25) is 0 Å². The van der Waals surface area contributed by atoms with E-state index in [1.165, 1.54) is 18.8 Å².